The Morgan fingerprint density at radius 2 is 2.26 bits per heavy atom. The van der Waals surface area contributed by atoms with Crippen LogP contribution in [0.25, 0.3) is 0 Å². The predicted octanol–water partition coefficient (Wildman–Crippen LogP) is 3.26. The van der Waals surface area contributed by atoms with Crippen LogP contribution in [0.15, 0.2) is 29.6 Å². The van der Waals surface area contributed by atoms with Gasteiger partial charge in [-0.05, 0) is 48.8 Å². The molecule has 4 heteroatoms. The van der Waals surface area contributed by atoms with Gasteiger partial charge in [0.1, 0.15) is 0 Å². The summed E-state index contributed by atoms with van der Waals surface area (Å²) in [6, 6.07) is 8.52. The molecule has 0 radical (unpaired) electrons. The number of nitrogens with one attached hydrogen (secondary N) is 1. The second-order valence-electron chi connectivity index (χ2n) is 4.93. The molecule has 0 bridgehead atoms. The van der Waals surface area contributed by atoms with E-state index in [9.17, 15) is 4.79 Å². The van der Waals surface area contributed by atoms with Crippen molar-refractivity contribution in [3.05, 3.63) is 52.0 Å². The first kappa shape index (κ1) is 12.4. The van der Waals surface area contributed by atoms with Crippen molar-refractivity contribution in [3.8, 4) is 0 Å². The molecule has 19 heavy (non-hydrogen) atoms. The predicted molar refractivity (Wildman–Crippen MR) is 76.4 cm³/mol. The van der Waals surface area contributed by atoms with Gasteiger partial charge in [0.05, 0.1) is 17.3 Å². The van der Waals surface area contributed by atoms with Crippen LogP contribution in [0.5, 0.6) is 0 Å². The van der Waals surface area contributed by atoms with Crippen molar-refractivity contribution >= 4 is 17.4 Å². The third-order valence-electron chi connectivity index (χ3n) is 3.67. The number of carbonyl (C=O) groups is 1. The fourth-order valence-corrected chi connectivity index (χ4v) is 3.34. The first-order chi connectivity index (χ1) is 9.25. The highest BCUT2D eigenvalue weighted by atomic mass is 32.1. The number of hydrogen-bond acceptors (Lipinski definition) is 3. The van der Waals surface area contributed by atoms with E-state index < -0.39 is 0 Å². The van der Waals surface area contributed by atoms with E-state index in [4.69, 9.17) is 0 Å². The van der Waals surface area contributed by atoms with Crippen molar-refractivity contribution in [1.82, 2.24) is 9.69 Å². The molecule has 0 saturated heterocycles. The number of hydrogen-bond donors (Lipinski definition) is 1. The Kier molecular flexibility index (Phi) is 3.34. The van der Waals surface area contributed by atoms with Gasteiger partial charge in [0.25, 0.3) is 5.91 Å². The first-order valence-electron chi connectivity index (χ1n) is 6.55. The number of amides is 1. The van der Waals surface area contributed by atoms with Crippen LogP contribution in [0, 0.1) is 6.92 Å². The fraction of sp³-hybridized carbons (Fsp3) is 0.333. The number of carbonyl (C=O) groups excluding carboxylic acids is 1. The summed E-state index contributed by atoms with van der Waals surface area (Å²) in [4.78, 5) is 12.3. The first-order valence-corrected chi connectivity index (χ1v) is 7.39. The molecular weight excluding hydrogens is 256 g/mol. The zero-order valence-electron chi connectivity index (χ0n) is 10.8. The SMILES string of the molecule is Cc1nscc1C(=O)NC1CCCc2ccccc21. The molecule has 1 atom stereocenters. The molecule has 1 aliphatic rings. The van der Waals surface area contributed by atoms with Gasteiger partial charge in [-0.2, -0.15) is 4.37 Å². The third-order valence-corrected chi connectivity index (χ3v) is 4.39. The summed E-state index contributed by atoms with van der Waals surface area (Å²) in [7, 11) is 0. The van der Waals surface area contributed by atoms with Gasteiger partial charge in [-0.3, -0.25) is 4.79 Å². The number of aryl methyl sites for hydroxylation is 2. The van der Waals surface area contributed by atoms with Crippen LogP contribution in [0.4, 0.5) is 0 Å². The maximum Gasteiger partial charge on any atom is 0.254 e. The zero-order chi connectivity index (χ0) is 13.2. The van der Waals surface area contributed by atoms with Crippen LogP contribution >= 0.6 is 11.5 Å². The lowest BCUT2D eigenvalue weighted by Gasteiger charge is -2.26. The molecule has 0 spiro atoms. The monoisotopic (exact) mass is 272 g/mol. The summed E-state index contributed by atoms with van der Waals surface area (Å²) in [5, 5.41) is 4.96. The number of fused-ring (bicyclic) bond motifs is 1. The number of aromatic nitrogens is 1. The summed E-state index contributed by atoms with van der Waals surface area (Å²) in [5.41, 5.74) is 4.14. The van der Waals surface area contributed by atoms with Crippen molar-refractivity contribution in [3.63, 3.8) is 0 Å². The molecule has 0 aliphatic heterocycles. The van der Waals surface area contributed by atoms with E-state index in [1.165, 1.54) is 22.7 Å². The van der Waals surface area contributed by atoms with Crippen molar-refractivity contribution in [2.24, 2.45) is 0 Å². The second-order valence-corrected chi connectivity index (χ2v) is 5.56. The van der Waals surface area contributed by atoms with E-state index in [-0.39, 0.29) is 11.9 Å². The average molecular weight is 272 g/mol. The van der Waals surface area contributed by atoms with Gasteiger partial charge in [0.15, 0.2) is 0 Å². The minimum absolute atomic E-state index is 0.00652. The molecule has 1 aromatic heterocycles. The molecule has 1 heterocycles. The number of benzene rings is 1. The summed E-state index contributed by atoms with van der Waals surface area (Å²) < 4.78 is 4.16. The highest BCUT2D eigenvalue weighted by Crippen LogP contribution is 2.29. The molecule has 0 saturated carbocycles. The molecule has 98 valence electrons. The van der Waals surface area contributed by atoms with Gasteiger partial charge >= 0.3 is 0 Å². The molecule has 1 N–H and O–H groups in total. The second kappa shape index (κ2) is 5.13. The van der Waals surface area contributed by atoms with Crippen molar-refractivity contribution < 1.29 is 4.79 Å². The molecule has 1 aliphatic carbocycles. The highest BCUT2D eigenvalue weighted by Gasteiger charge is 2.22. The van der Waals surface area contributed by atoms with Crippen LogP contribution in [0.1, 0.15) is 46.1 Å². The fourth-order valence-electron chi connectivity index (χ4n) is 2.65. The van der Waals surface area contributed by atoms with Crippen LogP contribution in [0.3, 0.4) is 0 Å². The van der Waals surface area contributed by atoms with E-state index in [2.05, 4.69) is 27.9 Å². The number of nitrogens with zero attached hydrogens (tertiary/aromatic N) is 1. The lowest BCUT2D eigenvalue weighted by atomic mass is 9.87. The Morgan fingerprint density at radius 1 is 1.42 bits per heavy atom. The average Bonchev–Trinajstić information content (AvgIpc) is 2.85. The minimum Gasteiger partial charge on any atom is -0.345 e. The van der Waals surface area contributed by atoms with E-state index in [0.717, 1.165) is 25.0 Å². The van der Waals surface area contributed by atoms with Gasteiger partial charge in [0.2, 0.25) is 0 Å². The molecular formula is C15H16N2OS. The zero-order valence-corrected chi connectivity index (χ0v) is 11.7. The molecule has 2 aromatic rings. The van der Waals surface area contributed by atoms with Crippen molar-refractivity contribution in [2.75, 3.05) is 0 Å². The van der Waals surface area contributed by atoms with Crippen molar-refractivity contribution in [2.45, 2.75) is 32.2 Å². The summed E-state index contributed by atoms with van der Waals surface area (Å²) in [6.07, 6.45) is 3.25. The van der Waals surface area contributed by atoms with E-state index in [1.807, 2.05) is 18.4 Å². The third kappa shape index (κ3) is 2.40. The van der Waals surface area contributed by atoms with Gasteiger partial charge < -0.3 is 5.32 Å². The van der Waals surface area contributed by atoms with Crippen LogP contribution in [0.2, 0.25) is 0 Å². The van der Waals surface area contributed by atoms with Gasteiger partial charge in [-0.15, -0.1) is 0 Å². The van der Waals surface area contributed by atoms with E-state index in [0.29, 0.717) is 5.56 Å². The smallest absolute Gasteiger partial charge is 0.254 e. The standard InChI is InChI=1S/C15H16N2OS/c1-10-13(9-19-17-10)15(18)16-14-8-4-6-11-5-2-3-7-12(11)14/h2-3,5,7,9,14H,4,6,8H2,1H3,(H,16,18). The Balaban J connectivity index is 1.82. The Bertz CT molecular complexity index is 606. The molecule has 3 rings (SSSR count). The molecule has 0 fully saturated rings. The maximum atomic E-state index is 12.3. The Hall–Kier alpha value is -1.68. The number of rotatable bonds is 2. The molecule has 1 aromatic carbocycles. The highest BCUT2D eigenvalue weighted by molar-refractivity contribution is 7.03. The van der Waals surface area contributed by atoms with Gasteiger partial charge in [0, 0.05) is 5.38 Å². The Labute approximate surface area is 116 Å². The van der Waals surface area contributed by atoms with E-state index >= 15 is 0 Å². The van der Waals surface area contributed by atoms with Gasteiger partial charge in [-0.1, -0.05) is 24.3 Å². The molecule has 1 amide bonds. The van der Waals surface area contributed by atoms with Crippen molar-refractivity contribution in [1.29, 1.82) is 0 Å². The minimum atomic E-state index is -0.00652. The van der Waals surface area contributed by atoms with Crippen LogP contribution in [-0.4, -0.2) is 10.3 Å². The molecule has 1 unspecified atom stereocenters. The normalized spacial score (nSPS) is 17.8. The van der Waals surface area contributed by atoms with Gasteiger partial charge in [-0.25, -0.2) is 0 Å². The lowest BCUT2D eigenvalue weighted by molar-refractivity contribution is 0.0932. The summed E-state index contributed by atoms with van der Waals surface area (Å²) in [5.74, 6) is -0.00652. The quantitative estimate of drug-likeness (QED) is 0.911. The van der Waals surface area contributed by atoms with E-state index in [1.54, 1.807) is 0 Å². The summed E-state index contributed by atoms with van der Waals surface area (Å²) in [6.45, 7) is 1.88. The summed E-state index contributed by atoms with van der Waals surface area (Å²) >= 11 is 1.33. The molecule has 3 nitrogen and oxygen atoms in total. The van der Waals surface area contributed by atoms with Crippen LogP contribution in [-0.2, 0) is 6.42 Å². The topological polar surface area (TPSA) is 42.0 Å². The van der Waals surface area contributed by atoms with Crippen LogP contribution < -0.4 is 5.32 Å². The maximum absolute atomic E-state index is 12.3. The Morgan fingerprint density at radius 3 is 3.05 bits per heavy atom. The lowest BCUT2D eigenvalue weighted by Crippen LogP contribution is -2.31. The largest absolute Gasteiger partial charge is 0.345 e.